The largest absolute Gasteiger partial charge is 0.263 e. The van der Waals surface area contributed by atoms with E-state index in [1.165, 1.54) is 4.91 Å². The lowest BCUT2D eigenvalue weighted by molar-refractivity contribution is 1.46. The molecule has 0 amide bonds. The molecule has 0 bridgehead atoms. The van der Waals surface area contributed by atoms with Crippen LogP contribution in [-0.2, 0) is 0 Å². The molecule has 0 unspecified atom stereocenters. The lowest BCUT2D eigenvalue weighted by atomic mass is 10.1. The third-order valence-electron chi connectivity index (χ3n) is 1.97. The summed E-state index contributed by atoms with van der Waals surface area (Å²) in [5, 5.41) is 0.739. The summed E-state index contributed by atoms with van der Waals surface area (Å²) in [6, 6.07) is 7.66. The van der Waals surface area contributed by atoms with Gasteiger partial charge in [-0.05, 0) is 31.5 Å². The van der Waals surface area contributed by atoms with Crippen LogP contribution in [0.15, 0.2) is 34.2 Å². The van der Waals surface area contributed by atoms with E-state index in [0.717, 1.165) is 22.0 Å². The molecule has 0 spiro atoms. The van der Waals surface area contributed by atoms with Gasteiger partial charge in [0.2, 0.25) is 0 Å². The Kier molecular flexibility index (Phi) is 4.92. The molecule has 0 N–H and O–H groups in total. The summed E-state index contributed by atoms with van der Waals surface area (Å²) < 4.78 is 0. The molecule has 1 rings (SSSR count). The Morgan fingerprint density at radius 2 is 2.00 bits per heavy atom. The topological polar surface area (TPSA) is 12.4 Å². The summed E-state index contributed by atoms with van der Waals surface area (Å²) in [4.78, 5) is 5.26. The fraction of sp³-hybridized carbons (Fsp3) is 0.250. The average Bonchev–Trinajstić information content (AvgIpc) is 2.22. The van der Waals surface area contributed by atoms with Crippen molar-refractivity contribution in [3.8, 4) is 0 Å². The van der Waals surface area contributed by atoms with E-state index in [9.17, 15) is 0 Å². The molecule has 1 aromatic carbocycles. The molecule has 0 aliphatic heterocycles. The van der Waals surface area contributed by atoms with Crippen molar-refractivity contribution in [3.05, 3.63) is 39.8 Å². The van der Waals surface area contributed by atoms with Gasteiger partial charge in [-0.15, -0.1) is 11.8 Å². The second-order valence-corrected chi connectivity index (χ2v) is 4.92. The van der Waals surface area contributed by atoms with Gasteiger partial charge in [0.1, 0.15) is 0 Å². The molecule has 0 saturated carbocycles. The maximum atomic E-state index is 5.83. The highest BCUT2D eigenvalue weighted by atomic mass is 35.5. The Labute approximate surface area is 100 Å². The van der Waals surface area contributed by atoms with Gasteiger partial charge in [0, 0.05) is 15.5 Å². The molecule has 0 aliphatic rings. The van der Waals surface area contributed by atoms with Gasteiger partial charge in [-0.25, -0.2) is 0 Å². The molecule has 1 nitrogen and oxygen atoms in total. The SMILES string of the molecule is C=N/C(=C(/C)SCC)c1ccc(Cl)cc1. The number of allylic oxidation sites excluding steroid dienone is 1. The highest BCUT2D eigenvalue weighted by Gasteiger charge is 2.03. The maximum Gasteiger partial charge on any atom is 0.0786 e. The molecule has 0 saturated heterocycles. The van der Waals surface area contributed by atoms with Gasteiger partial charge < -0.3 is 0 Å². The Hall–Kier alpha value is -0.730. The average molecular weight is 240 g/mol. The molecular formula is C12H14ClNS. The first-order valence-electron chi connectivity index (χ1n) is 4.75. The fourth-order valence-electron chi connectivity index (χ4n) is 1.30. The summed E-state index contributed by atoms with van der Waals surface area (Å²) in [6.07, 6.45) is 0. The van der Waals surface area contributed by atoms with Gasteiger partial charge in [0.05, 0.1) is 5.70 Å². The predicted octanol–water partition coefficient (Wildman–Crippen LogP) is 4.48. The zero-order valence-corrected chi connectivity index (χ0v) is 10.5. The molecule has 0 fully saturated rings. The van der Waals surface area contributed by atoms with Crippen LogP contribution in [0.25, 0.3) is 5.70 Å². The van der Waals surface area contributed by atoms with Crippen LogP contribution in [0, 0.1) is 0 Å². The van der Waals surface area contributed by atoms with Crippen molar-refractivity contribution < 1.29 is 0 Å². The minimum atomic E-state index is 0.739. The minimum absolute atomic E-state index is 0.739. The maximum absolute atomic E-state index is 5.83. The lowest BCUT2D eigenvalue weighted by Gasteiger charge is -2.06. The van der Waals surface area contributed by atoms with Gasteiger partial charge in [-0.2, -0.15) is 0 Å². The van der Waals surface area contributed by atoms with E-state index < -0.39 is 0 Å². The quantitative estimate of drug-likeness (QED) is 0.706. The van der Waals surface area contributed by atoms with Crippen LogP contribution in [-0.4, -0.2) is 12.5 Å². The minimum Gasteiger partial charge on any atom is -0.263 e. The fourth-order valence-corrected chi connectivity index (χ4v) is 2.18. The number of aliphatic imine (C=N–C) groups is 1. The number of hydrogen-bond acceptors (Lipinski definition) is 2. The summed E-state index contributed by atoms with van der Waals surface area (Å²) in [5.74, 6) is 1.04. The number of thioether (sulfide) groups is 1. The zero-order valence-electron chi connectivity index (χ0n) is 8.96. The molecular weight excluding hydrogens is 226 g/mol. The van der Waals surface area contributed by atoms with Crippen LogP contribution in [0.4, 0.5) is 0 Å². The molecule has 3 heteroatoms. The smallest absolute Gasteiger partial charge is 0.0786 e. The summed E-state index contributed by atoms with van der Waals surface area (Å²) in [5.41, 5.74) is 2.01. The highest BCUT2D eigenvalue weighted by molar-refractivity contribution is 8.03. The zero-order chi connectivity index (χ0) is 11.3. The molecule has 15 heavy (non-hydrogen) atoms. The van der Waals surface area contributed by atoms with E-state index in [2.05, 4.69) is 25.6 Å². The lowest BCUT2D eigenvalue weighted by Crippen LogP contribution is -1.84. The second kappa shape index (κ2) is 5.99. The van der Waals surface area contributed by atoms with Crippen LogP contribution < -0.4 is 0 Å². The first kappa shape index (κ1) is 12.3. The van der Waals surface area contributed by atoms with Gasteiger partial charge in [-0.3, -0.25) is 4.99 Å². The Bertz CT molecular complexity index is 368. The Morgan fingerprint density at radius 1 is 1.40 bits per heavy atom. The number of rotatable bonds is 4. The van der Waals surface area contributed by atoms with Crippen LogP contribution in [0.2, 0.25) is 5.02 Å². The third-order valence-corrected chi connectivity index (χ3v) is 3.14. The predicted molar refractivity (Wildman–Crippen MR) is 71.7 cm³/mol. The summed E-state index contributed by atoms with van der Waals surface area (Å²) in [7, 11) is 0. The number of hydrogen-bond donors (Lipinski definition) is 0. The van der Waals surface area contributed by atoms with Gasteiger partial charge in [0.25, 0.3) is 0 Å². The second-order valence-electron chi connectivity index (χ2n) is 3.00. The summed E-state index contributed by atoms with van der Waals surface area (Å²) >= 11 is 7.61. The first-order valence-corrected chi connectivity index (χ1v) is 6.11. The number of halogens is 1. The highest BCUT2D eigenvalue weighted by Crippen LogP contribution is 2.27. The number of benzene rings is 1. The molecule has 1 aromatic rings. The van der Waals surface area contributed by atoms with Crippen LogP contribution in [0.3, 0.4) is 0 Å². The van der Waals surface area contributed by atoms with Crippen molar-refractivity contribution in [1.82, 2.24) is 0 Å². The van der Waals surface area contributed by atoms with Crippen molar-refractivity contribution >= 4 is 35.8 Å². The van der Waals surface area contributed by atoms with Crippen molar-refractivity contribution in [1.29, 1.82) is 0 Å². The van der Waals surface area contributed by atoms with Crippen molar-refractivity contribution in [2.45, 2.75) is 13.8 Å². The molecule has 0 heterocycles. The number of nitrogens with zero attached hydrogens (tertiary/aromatic N) is 1. The van der Waals surface area contributed by atoms with Crippen LogP contribution in [0.5, 0.6) is 0 Å². The molecule has 80 valence electrons. The molecule has 0 aliphatic carbocycles. The monoisotopic (exact) mass is 239 g/mol. The van der Waals surface area contributed by atoms with E-state index in [-0.39, 0.29) is 0 Å². The Balaban J connectivity index is 3.07. The van der Waals surface area contributed by atoms with E-state index in [1.54, 1.807) is 11.8 Å². The van der Waals surface area contributed by atoms with E-state index in [4.69, 9.17) is 11.6 Å². The van der Waals surface area contributed by atoms with Crippen LogP contribution >= 0.6 is 23.4 Å². The van der Waals surface area contributed by atoms with Gasteiger partial charge in [0.15, 0.2) is 0 Å². The molecule has 0 atom stereocenters. The van der Waals surface area contributed by atoms with Crippen molar-refractivity contribution in [2.75, 3.05) is 5.75 Å². The third kappa shape index (κ3) is 3.40. The van der Waals surface area contributed by atoms with E-state index in [0.29, 0.717) is 0 Å². The normalized spacial score (nSPS) is 12.2. The van der Waals surface area contributed by atoms with E-state index in [1.807, 2.05) is 24.3 Å². The van der Waals surface area contributed by atoms with Gasteiger partial charge in [-0.1, -0.05) is 30.7 Å². The van der Waals surface area contributed by atoms with E-state index >= 15 is 0 Å². The first-order chi connectivity index (χ1) is 7.19. The molecule has 0 aromatic heterocycles. The molecule has 0 radical (unpaired) electrons. The standard InChI is InChI=1S/C12H14ClNS/c1-4-15-9(2)12(14-3)10-5-7-11(13)8-6-10/h5-8H,3-4H2,1-2H3/b12-9-. The van der Waals surface area contributed by atoms with Gasteiger partial charge >= 0.3 is 0 Å². The van der Waals surface area contributed by atoms with Crippen molar-refractivity contribution in [2.24, 2.45) is 4.99 Å². The summed E-state index contributed by atoms with van der Waals surface area (Å²) in [6.45, 7) is 7.79. The van der Waals surface area contributed by atoms with Crippen molar-refractivity contribution in [3.63, 3.8) is 0 Å². The Morgan fingerprint density at radius 3 is 2.47 bits per heavy atom. The van der Waals surface area contributed by atoms with Crippen LogP contribution in [0.1, 0.15) is 19.4 Å².